The van der Waals surface area contributed by atoms with E-state index < -0.39 is 0 Å². The Morgan fingerprint density at radius 1 is 1.35 bits per heavy atom. The van der Waals surface area contributed by atoms with E-state index in [1.165, 1.54) is 0 Å². The summed E-state index contributed by atoms with van der Waals surface area (Å²) in [5.74, 6) is 0.615. The SMILES string of the molecule is CC1CC1C(=O)NCCC(=O)NC(CCO)C(C)(C)C. The van der Waals surface area contributed by atoms with Crippen LogP contribution in [0.25, 0.3) is 0 Å². The molecule has 0 aliphatic heterocycles. The van der Waals surface area contributed by atoms with Gasteiger partial charge < -0.3 is 15.7 Å². The molecule has 0 heterocycles. The second-order valence-corrected chi connectivity index (χ2v) is 6.86. The smallest absolute Gasteiger partial charge is 0.223 e. The monoisotopic (exact) mass is 284 g/mol. The Morgan fingerprint density at radius 3 is 2.40 bits per heavy atom. The van der Waals surface area contributed by atoms with Crippen molar-refractivity contribution in [2.24, 2.45) is 17.3 Å². The Labute approximate surface area is 121 Å². The number of hydrogen-bond donors (Lipinski definition) is 3. The first-order valence-corrected chi connectivity index (χ1v) is 7.43. The summed E-state index contributed by atoms with van der Waals surface area (Å²) >= 11 is 0. The van der Waals surface area contributed by atoms with Crippen LogP contribution in [0.2, 0.25) is 0 Å². The molecule has 3 N–H and O–H groups in total. The molecule has 5 nitrogen and oxygen atoms in total. The molecule has 116 valence electrons. The van der Waals surface area contributed by atoms with Gasteiger partial charge in [0.05, 0.1) is 0 Å². The molecule has 1 aliphatic rings. The highest BCUT2D eigenvalue weighted by Gasteiger charge is 2.38. The zero-order chi connectivity index (χ0) is 15.3. The number of amides is 2. The van der Waals surface area contributed by atoms with Crippen LogP contribution >= 0.6 is 0 Å². The van der Waals surface area contributed by atoms with Crippen LogP contribution in [0.4, 0.5) is 0 Å². The third kappa shape index (κ3) is 5.49. The lowest BCUT2D eigenvalue weighted by molar-refractivity contribution is -0.123. The van der Waals surface area contributed by atoms with E-state index in [2.05, 4.69) is 17.6 Å². The molecule has 1 fully saturated rings. The molecule has 3 unspecified atom stereocenters. The fourth-order valence-corrected chi connectivity index (χ4v) is 2.24. The van der Waals surface area contributed by atoms with Crippen molar-refractivity contribution in [1.29, 1.82) is 0 Å². The standard InChI is InChI=1S/C15H28N2O3/c1-10-9-11(10)14(20)16-7-5-13(19)17-12(6-8-18)15(2,3)4/h10-12,18H,5-9H2,1-4H3,(H,16,20)(H,17,19). The van der Waals surface area contributed by atoms with Gasteiger partial charge in [0, 0.05) is 31.5 Å². The van der Waals surface area contributed by atoms with Crippen molar-refractivity contribution in [2.45, 2.75) is 53.0 Å². The van der Waals surface area contributed by atoms with E-state index in [-0.39, 0.29) is 42.2 Å². The normalized spacial score (nSPS) is 23.1. The largest absolute Gasteiger partial charge is 0.396 e. The summed E-state index contributed by atoms with van der Waals surface area (Å²) in [7, 11) is 0. The number of carbonyl (C=O) groups excluding carboxylic acids is 2. The second-order valence-electron chi connectivity index (χ2n) is 6.86. The van der Waals surface area contributed by atoms with Crippen LogP contribution in [-0.2, 0) is 9.59 Å². The maximum Gasteiger partial charge on any atom is 0.223 e. The van der Waals surface area contributed by atoms with Gasteiger partial charge in [-0.2, -0.15) is 0 Å². The first-order valence-electron chi connectivity index (χ1n) is 7.43. The molecule has 5 heteroatoms. The van der Waals surface area contributed by atoms with Crippen molar-refractivity contribution in [3.8, 4) is 0 Å². The van der Waals surface area contributed by atoms with Crippen LogP contribution in [0, 0.1) is 17.3 Å². The zero-order valence-corrected chi connectivity index (χ0v) is 13.0. The van der Waals surface area contributed by atoms with Crippen molar-refractivity contribution < 1.29 is 14.7 Å². The predicted octanol–water partition coefficient (Wildman–Crippen LogP) is 1.06. The van der Waals surface area contributed by atoms with E-state index in [1.807, 2.05) is 20.8 Å². The Balaban J connectivity index is 2.26. The van der Waals surface area contributed by atoms with Crippen molar-refractivity contribution in [3.05, 3.63) is 0 Å². The number of hydrogen-bond acceptors (Lipinski definition) is 3. The van der Waals surface area contributed by atoms with Crippen LogP contribution < -0.4 is 10.6 Å². The molecule has 0 radical (unpaired) electrons. The molecule has 0 saturated heterocycles. The lowest BCUT2D eigenvalue weighted by atomic mass is 9.85. The summed E-state index contributed by atoms with van der Waals surface area (Å²) in [6, 6.07) is -0.0563. The summed E-state index contributed by atoms with van der Waals surface area (Å²) in [6.45, 7) is 8.58. The van der Waals surface area contributed by atoms with E-state index in [4.69, 9.17) is 5.11 Å². The molecule has 1 aliphatic carbocycles. The van der Waals surface area contributed by atoms with Crippen molar-refractivity contribution in [2.75, 3.05) is 13.2 Å². The maximum absolute atomic E-state index is 11.9. The van der Waals surface area contributed by atoms with Gasteiger partial charge in [0.2, 0.25) is 11.8 Å². The fourth-order valence-electron chi connectivity index (χ4n) is 2.24. The summed E-state index contributed by atoms with van der Waals surface area (Å²) in [5, 5.41) is 14.8. The molecule has 1 rings (SSSR count). The minimum absolute atomic E-state index is 0.0541. The Hall–Kier alpha value is -1.10. The first-order chi connectivity index (χ1) is 9.25. The molecule has 0 bridgehead atoms. The van der Waals surface area contributed by atoms with Gasteiger partial charge in [-0.15, -0.1) is 0 Å². The third-order valence-corrected chi connectivity index (χ3v) is 3.90. The summed E-state index contributed by atoms with van der Waals surface area (Å²) < 4.78 is 0. The van der Waals surface area contributed by atoms with Gasteiger partial charge in [0.15, 0.2) is 0 Å². The quantitative estimate of drug-likeness (QED) is 0.654. The highest BCUT2D eigenvalue weighted by Crippen LogP contribution is 2.37. The number of carbonyl (C=O) groups is 2. The van der Waals surface area contributed by atoms with Gasteiger partial charge in [-0.3, -0.25) is 9.59 Å². The lowest BCUT2D eigenvalue weighted by Crippen LogP contribution is -2.45. The van der Waals surface area contributed by atoms with E-state index >= 15 is 0 Å². The van der Waals surface area contributed by atoms with E-state index in [0.717, 1.165) is 6.42 Å². The van der Waals surface area contributed by atoms with Crippen LogP contribution in [0.1, 0.15) is 47.0 Å². The Kier molecular flexibility index (Phi) is 5.99. The van der Waals surface area contributed by atoms with Gasteiger partial charge in [-0.1, -0.05) is 27.7 Å². The van der Waals surface area contributed by atoms with E-state index in [9.17, 15) is 9.59 Å². The van der Waals surface area contributed by atoms with Crippen molar-refractivity contribution >= 4 is 11.8 Å². The number of aliphatic hydroxyl groups is 1. The molecule has 0 aromatic heterocycles. The number of aliphatic hydroxyl groups excluding tert-OH is 1. The average Bonchev–Trinajstić information content (AvgIpc) is 3.04. The van der Waals surface area contributed by atoms with Gasteiger partial charge in [0.25, 0.3) is 0 Å². The van der Waals surface area contributed by atoms with Crippen LogP contribution in [0.5, 0.6) is 0 Å². The molecular formula is C15H28N2O3. The molecule has 3 atom stereocenters. The highest BCUT2D eigenvalue weighted by atomic mass is 16.3. The molecule has 20 heavy (non-hydrogen) atoms. The average molecular weight is 284 g/mol. The molecular weight excluding hydrogens is 256 g/mol. The minimum Gasteiger partial charge on any atom is -0.396 e. The van der Waals surface area contributed by atoms with Crippen LogP contribution in [0.15, 0.2) is 0 Å². The second kappa shape index (κ2) is 7.07. The van der Waals surface area contributed by atoms with E-state index in [0.29, 0.717) is 18.9 Å². The summed E-state index contributed by atoms with van der Waals surface area (Å²) in [4.78, 5) is 23.5. The zero-order valence-electron chi connectivity index (χ0n) is 13.0. The lowest BCUT2D eigenvalue weighted by Gasteiger charge is -2.31. The van der Waals surface area contributed by atoms with Crippen molar-refractivity contribution in [1.82, 2.24) is 10.6 Å². The van der Waals surface area contributed by atoms with Gasteiger partial charge >= 0.3 is 0 Å². The third-order valence-electron chi connectivity index (χ3n) is 3.90. The topological polar surface area (TPSA) is 78.4 Å². The molecule has 1 saturated carbocycles. The van der Waals surface area contributed by atoms with Crippen LogP contribution in [0.3, 0.4) is 0 Å². The highest BCUT2D eigenvalue weighted by molar-refractivity contribution is 5.82. The molecule has 0 spiro atoms. The van der Waals surface area contributed by atoms with Gasteiger partial charge in [-0.25, -0.2) is 0 Å². The molecule has 0 aromatic carbocycles. The Morgan fingerprint density at radius 2 is 1.95 bits per heavy atom. The predicted molar refractivity (Wildman–Crippen MR) is 78.0 cm³/mol. The summed E-state index contributed by atoms with van der Waals surface area (Å²) in [6.07, 6.45) is 1.78. The molecule has 2 amide bonds. The summed E-state index contributed by atoms with van der Waals surface area (Å²) in [5.41, 5.74) is -0.0922. The minimum atomic E-state index is -0.0922. The number of nitrogens with one attached hydrogen (secondary N) is 2. The number of rotatable bonds is 7. The first kappa shape index (κ1) is 17.0. The fraction of sp³-hybridized carbons (Fsp3) is 0.867. The molecule has 0 aromatic rings. The van der Waals surface area contributed by atoms with E-state index in [1.54, 1.807) is 0 Å². The van der Waals surface area contributed by atoms with Crippen LogP contribution in [-0.4, -0.2) is 36.1 Å². The Bertz CT molecular complexity index is 350. The van der Waals surface area contributed by atoms with Gasteiger partial charge in [-0.05, 0) is 24.2 Å². The van der Waals surface area contributed by atoms with Gasteiger partial charge in [0.1, 0.15) is 0 Å². The maximum atomic E-state index is 11.9. The van der Waals surface area contributed by atoms with Crippen molar-refractivity contribution in [3.63, 3.8) is 0 Å².